The fourth-order valence-corrected chi connectivity index (χ4v) is 0.844. The first-order chi connectivity index (χ1) is 5.54. The summed E-state index contributed by atoms with van der Waals surface area (Å²) in [5.41, 5.74) is -0.0556. The van der Waals surface area contributed by atoms with Gasteiger partial charge >= 0.3 is 5.82 Å². The van der Waals surface area contributed by atoms with Gasteiger partial charge in [-0.1, -0.05) is 13.8 Å². The van der Waals surface area contributed by atoms with Crippen molar-refractivity contribution in [3.05, 3.63) is 21.0 Å². The van der Waals surface area contributed by atoms with E-state index in [1.165, 1.54) is 0 Å². The molecule has 0 aliphatic carbocycles. The number of hydrogen-bond donors (Lipinski definition) is 0. The van der Waals surface area contributed by atoms with Gasteiger partial charge in [-0.3, -0.25) is 4.63 Å². The lowest BCUT2D eigenvalue weighted by Crippen LogP contribution is -2.29. The molecule has 0 spiro atoms. The highest BCUT2D eigenvalue weighted by Gasteiger charge is 2.27. The Morgan fingerprint density at radius 3 is 2.58 bits per heavy atom. The van der Waals surface area contributed by atoms with Crippen LogP contribution in [0.1, 0.15) is 25.5 Å². The summed E-state index contributed by atoms with van der Waals surface area (Å²) in [6, 6.07) is 0. The molecule has 0 aromatic carbocycles. The van der Waals surface area contributed by atoms with Crippen LogP contribution < -0.4 is 4.90 Å². The Morgan fingerprint density at radius 2 is 2.25 bits per heavy atom. The third kappa shape index (κ3) is 1.20. The van der Waals surface area contributed by atoms with Crippen LogP contribution in [-0.4, -0.2) is 10.1 Å². The van der Waals surface area contributed by atoms with Crippen molar-refractivity contribution in [1.82, 2.24) is 5.16 Å². The van der Waals surface area contributed by atoms with Crippen molar-refractivity contribution in [3.63, 3.8) is 0 Å². The highest BCUT2D eigenvalue weighted by Crippen LogP contribution is 2.19. The molecule has 0 saturated carbocycles. The van der Waals surface area contributed by atoms with Crippen molar-refractivity contribution in [2.75, 3.05) is 0 Å². The maximum Gasteiger partial charge on any atom is 0.435 e. The number of aromatic nitrogens is 2. The molecule has 0 amide bonds. The minimum Gasteiger partial charge on any atom is -0.359 e. The molecule has 1 rings (SSSR count). The van der Waals surface area contributed by atoms with Gasteiger partial charge in [0.2, 0.25) is 0 Å². The van der Waals surface area contributed by atoms with Gasteiger partial charge < -0.3 is 15.3 Å². The summed E-state index contributed by atoms with van der Waals surface area (Å²) in [6.07, 6.45) is 0. The quantitative estimate of drug-likeness (QED) is 0.365. The molecular weight excluding hydrogens is 166 g/mol. The second-order valence-corrected chi connectivity index (χ2v) is 2.55. The molecule has 1 aromatic rings. The molecule has 0 saturated heterocycles. The average Bonchev–Trinajstić information content (AvgIpc) is 2.30. The third-order valence-electron chi connectivity index (χ3n) is 1.35. The lowest BCUT2D eigenvalue weighted by atomic mass is 10.1. The predicted octanol–water partition coefficient (Wildman–Crippen LogP) is 0.340. The van der Waals surface area contributed by atoms with Crippen molar-refractivity contribution in [1.29, 1.82) is 0 Å². The van der Waals surface area contributed by atoms with Crippen LogP contribution in [0, 0.1) is 15.3 Å². The largest absolute Gasteiger partial charge is 0.435 e. The minimum atomic E-state index is -0.743. The average molecular weight is 173 g/mol. The molecule has 0 radical (unpaired) electrons. The van der Waals surface area contributed by atoms with Crippen LogP contribution in [0.4, 0.5) is 5.82 Å². The molecule has 0 unspecified atom stereocenters. The summed E-state index contributed by atoms with van der Waals surface area (Å²) in [6.45, 7) is 3.29. The van der Waals surface area contributed by atoms with Crippen molar-refractivity contribution in [2.24, 2.45) is 0 Å². The van der Waals surface area contributed by atoms with Gasteiger partial charge in [-0.2, -0.15) is 0 Å². The van der Waals surface area contributed by atoms with Gasteiger partial charge in [0, 0.05) is 5.92 Å². The summed E-state index contributed by atoms with van der Waals surface area (Å²) in [7, 11) is 0. The van der Waals surface area contributed by atoms with Crippen LogP contribution in [0.3, 0.4) is 0 Å². The molecule has 0 atom stereocenters. The normalized spacial score (nSPS) is 10.6. The highest BCUT2D eigenvalue weighted by molar-refractivity contribution is 5.21. The second-order valence-electron chi connectivity index (χ2n) is 2.55. The SMILES string of the molecule is CC(C)c1c([N+](=O)[O-])no[n+]1[O-]. The van der Waals surface area contributed by atoms with E-state index in [2.05, 4.69) is 9.79 Å². The standard InChI is InChI=1S/C5H7N3O4/c1-3(2)4-5(7(9)10)6-12-8(4)11/h3H,1-2H3. The molecule has 0 aliphatic heterocycles. The molecular formula is C5H7N3O4. The Labute approximate surface area is 67.3 Å². The van der Waals surface area contributed by atoms with E-state index in [1.54, 1.807) is 13.8 Å². The van der Waals surface area contributed by atoms with Gasteiger partial charge in [0.1, 0.15) is 0 Å². The van der Waals surface area contributed by atoms with Crippen LogP contribution in [0.5, 0.6) is 0 Å². The predicted molar refractivity (Wildman–Crippen MR) is 36.2 cm³/mol. The van der Waals surface area contributed by atoms with E-state index >= 15 is 0 Å². The van der Waals surface area contributed by atoms with Crippen LogP contribution in [0.25, 0.3) is 0 Å². The smallest absolute Gasteiger partial charge is 0.359 e. The first-order valence-electron chi connectivity index (χ1n) is 3.28. The fraction of sp³-hybridized carbons (Fsp3) is 0.600. The second kappa shape index (κ2) is 2.76. The van der Waals surface area contributed by atoms with Gasteiger partial charge in [-0.05, 0) is 9.83 Å². The topological polar surface area (TPSA) is 96.1 Å². The number of nitro groups is 1. The summed E-state index contributed by atoms with van der Waals surface area (Å²) < 4.78 is 4.09. The van der Waals surface area contributed by atoms with Crippen molar-refractivity contribution in [3.8, 4) is 0 Å². The Hall–Kier alpha value is -1.66. The van der Waals surface area contributed by atoms with E-state index in [0.717, 1.165) is 0 Å². The van der Waals surface area contributed by atoms with E-state index in [-0.39, 0.29) is 16.5 Å². The highest BCUT2D eigenvalue weighted by atomic mass is 16.8. The van der Waals surface area contributed by atoms with Gasteiger partial charge in [-0.15, -0.1) is 0 Å². The first kappa shape index (κ1) is 8.44. The molecule has 0 aliphatic rings. The molecule has 0 N–H and O–H groups in total. The molecule has 7 nitrogen and oxygen atoms in total. The van der Waals surface area contributed by atoms with E-state index < -0.39 is 10.7 Å². The maximum atomic E-state index is 10.8. The Balaban J connectivity index is 3.21. The molecule has 1 aromatic heterocycles. The van der Waals surface area contributed by atoms with Gasteiger partial charge in [-0.25, -0.2) is 0 Å². The molecule has 66 valence electrons. The number of rotatable bonds is 2. The van der Waals surface area contributed by atoms with Crippen LogP contribution >= 0.6 is 0 Å². The maximum absolute atomic E-state index is 10.8. The molecule has 0 fully saturated rings. The monoisotopic (exact) mass is 173 g/mol. The molecule has 1 heterocycles. The molecule has 12 heavy (non-hydrogen) atoms. The summed E-state index contributed by atoms with van der Waals surface area (Å²) >= 11 is 0. The number of hydrogen-bond acceptors (Lipinski definition) is 5. The van der Waals surface area contributed by atoms with Gasteiger partial charge in [0.05, 0.1) is 5.16 Å². The number of nitrogens with zero attached hydrogens (tertiary/aromatic N) is 3. The Bertz CT molecular complexity index is 306. The van der Waals surface area contributed by atoms with E-state index in [0.29, 0.717) is 0 Å². The fourth-order valence-electron chi connectivity index (χ4n) is 0.844. The van der Waals surface area contributed by atoms with Crippen LogP contribution in [0.15, 0.2) is 4.63 Å². The lowest BCUT2D eigenvalue weighted by Gasteiger charge is -1.98. The van der Waals surface area contributed by atoms with Crippen molar-refractivity contribution in [2.45, 2.75) is 19.8 Å². The van der Waals surface area contributed by atoms with Crippen molar-refractivity contribution >= 4 is 5.82 Å². The zero-order valence-electron chi connectivity index (χ0n) is 6.55. The Morgan fingerprint density at radius 1 is 1.67 bits per heavy atom. The summed E-state index contributed by atoms with van der Waals surface area (Å²) in [5, 5.41) is 24.1. The van der Waals surface area contributed by atoms with Crippen molar-refractivity contribution < 1.29 is 14.5 Å². The van der Waals surface area contributed by atoms with E-state index in [4.69, 9.17) is 0 Å². The zero-order valence-corrected chi connectivity index (χ0v) is 6.55. The van der Waals surface area contributed by atoms with Crippen LogP contribution in [0.2, 0.25) is 0 Å². The Kier molecular flexibility index (Phi) is 1.94. The van der Waals surface area contributed by atoms with E-state index in [1.807, 2.05) is 0 Å². The van der Waals surface area contributed by atoms with Gasteiger partial charge in [0.25, 0.3) is 5.69 Å². The van der Waals surface area contributed by atoms with E-state index in [9.17, 15) is 15.3 Å². The van der Waals surface area contributed by atoms with Crippen LogP contribution in [-0.2, 0) is 0 Å². The van der Waals surface area contributed by atoms with Gasteiger partial charge in [0.15, 0.2) is 0 Å². The zero-order chi connectivity index (χ0) is 9.30. The first-order valence-corrected chi connectivity index (χ1v) is 3.28. The minimum absolute atomic E-state index is 0.0556. The summed E-state index contributed by atoms with van der Waals surface area (Å²) in [4.78, 5) is 9.59. The molecule has 0 bridgehead atoms. The summed E-state index contributed by atoms with van der Waals surface area (Å²) in [5.74, 6) is -0.797. The molecule has 7 heteroatoms. The lowest BCUT2D eigenvalue weighted by molar-refractivity contribution is -0.808. The third-order valence-corrected chi connectivity index (χ3v) is 1.35.